The molecule has 1 heterocycles. The van der Waals surface area contributed by atoms with Crippen molar-refractivity contribution in [2.24, 2.45) is 0 Å². The molecule has 6 rings (SSSR count). The molecule has 5 aromatic carbocycles. The first-order valence-corrected chi connectivity index (χ1v) is 14.9. The summed E-state index contributed by atoms with van der Waals surface area (Å²) >= 11 is 6.69. The van der Waals surface area contributed by atoms with Gasteiger partial charge in [0.05, 0.1) is 11.2 Å². The van der Waals surface area contributed by atoms with Crippen LogP contribution in [-0.2, 0) is 11.8 Å². The predicted octanol–water partition coefficient (Wildman–Crippen LogP) is 7.46. The topological polar surface area (TPSA) is 12.9 Å². The van der Waals surface area contributed by atoms with Crippen LogP contribution in [0, 0.1) is 5.82 Å². The maximum absolute atomic E-state index is 13.8. The summed E-state index contributed by atoms with van der Waals surface area (Å²) in [5, 5.41) is 4.31. The summed E-state index contributed by atoms with van der Waals surface area (Å²) in [4.78, 5) is 5.25. The largest absolute Gasteiger partial charge is 0.247 e. The van der Waals surface area contributed by atoms with Crippen molar-refractivity contribution in [3.63, 3.8) is 0 Å². The molecule has 0 unspecified atom stereocenters. The Balaban J connectivity index is 1.72. The van der Waals surface area contributed by atoms with Crippen molar-refractivity contribution in [3.05, 3.63) is 145 Å². The summed E-state index contributed by atoms with van der Waals surface area (Å²) in [6.07, 6.45) is 0. The second-order valence-corrected chi connectivity index (χ2v) is 13.3. The smallest absolute Gasteiger partial charge is 0.123 e. The molecule has 0 spiro atoms. The molecular weight excluding hydrogens is 492 g/mol. The highest BCUT2D eigenvalue weighted by molar-refractivity contribution is 8.25. The fourth-order valence-corrected chi connectivity index (χ4v) is 8.79. The van der Waals surface area contributed by atoms with Crippen LogP contribution in [0.1, 0.15) is 0 Å². The Labute approximate surface area is 221 Å². The van der Waals surface area contributed by atoms with E-state index in [0.717, 1.165) is 49.2 Å². The second kappa shape index (κ2) is 9.86. The van der Waals surface area contributed by atoms with Crippen molar-refractivity contribution in [1.29, 1.82) is 0 Å². The summed E-state index contributed by atoms with van der Waals surface area (Å²) in [5.74, 6) is -0.255. The van der Waals surface area contributed by atoms with E-state index in [0.29, 0.717) is 0 Å². The first kappa shape index (κ1) is 23.5. The zero-order valence-corrected chi connectivity index (χ0v) is 21.7. The first-order valence-electron chi connectivity index (χ1n) is 12.1. The number of aromatic nitrogens is 1. The van der Waals surface area contributed by atoms with Crippen molar-refractivity contribution >= 4 is 44.7 Å². The molecule has 0 aliphatic heterocycles. The molecule has 0 bridgehead atoms. The van der Waals surface area contributed by atoms with E-state index < -0.39 is 6.04 Å². The normalized spacial score (nSPS) is 11.5. The Morgan fingerprint density at radius 2 is 1.14 bits per heavy atom. The van der Waals surface area contributed by atoms with Crippen molar-refractivity contribution < 1.29 is 4.39 Å². The molecule has 0 aliphatic rings. The van der Waals surface area contributed by atoms with Gasteiger partial charge in [0.2, 0.25) is 0 Å². The highest BCUT2D eigenvalue weighted by Gasteiger charge is 2.28. The third-order valence-corrected chi connectivity index (χ3v) is 11.6. The average Bonchev–Trinajstić information content (AvgIpc) is 2.98. The molecule has 1 nitrogen and oxygen atoms in total. The average molecular weight is 516 g/mol. The van der Waals surface area contributed by atoms with E-state index in [2.05, 4.69) is 84.9 Å². The number of hydrogen-bond acceptors (Lipinski definition) is 2. The zero-order chi connectivity index (χ0) is 25.2. The molecule has 4 heteroatoms. The van der Waals surface area contributed by atoms with E-state index in [4.69, 9.17) is 16.8 Å². The summed E-state index contributed by atoms with van der Waals surface area (Å²) in [5.41, 5.74) is 4.72. The third-order valence-electron chi connectivity index (χ3n) is 6.62. The van der Waals surface area contributed by atoms with Crippen molar-refractivity contribution in [2.45, 2.75) is 0 Å². The predicted molar refractivity (Wildman–Crippen MR) is 159 cm³/mol. The quantitative estimate of drug-likeness (QED) is 0.221. The Bertz CT molecular complexity index is 1690. The van der Waals surface area contributed by atoms with Gasteiger partial charge in [0, 0.05) is 22.3 Å². The Kier molecular flexibility index (Phi) is 6.26. The maximum Gasteiger partial charge on any atom is 0.123 e. The molecule has 37 heavy (non-hydrogen) atoms. The van der Waals surface area contributed by atoms with Gasteiger partial charge in [-0.2, -0.15) is 0 Å². The van der Waals surface area contributed by atoms with E-state index in [9.17, 15) is 4.39 Å². The van der Waals surface area contributed by atoms with Crippen molar-refractivity contribution in [1.82, 2.24) is 4.98 Å². The van der Waals surface area contributed by atoms with Crippen LogP contribution >= 0.6 is 6.04 Å². The second-order valence-electron chi connectivity index (χ2n) is 8.88. The van der Waals surface area contributed by atoms with E-state index in [1.807, 2.05) is 42.5 Å². The summed E-state index contributed by atoms with van der Waals surface area (Å²) < 4.78 is 13.8. The lowest BCUT2D eigenvalue weighted by molar-refractivity contribution is 0.628. The zero-order valence-electron chi connectivity index (χ0n) is 20.0. The van der Waals surface area contributed by atoms with Gasteiger partial charge in [-0.15, -0.1) is 0 Å². The number of hydrogen-bond donors (Lipinski definition) is 0. The van der Waals surface area contributed by atoms with Crippen LogP contribution in [0.4, 0.5) is 4.39 Å². The van der Waals surface area contributed by atoms with Crippen LogP contribution in [0.15, 0.2) is 140 Å². The molecule has 0 radical (unpaired) electrons. The van der Waals surface area contributed by atoms with E-state index >= 15 is 0 Å². The van der Waals surface area contributed by atoms with E-state index in [-0.39, 0.29) is 5.82 Å². The lowest BCUT2D eigenvalue weighted by atomic mass is 9.98. The van der Waals surface area contributed by atoms with Crippen LogP contribution in [0.3, 0.4) is 0 Å². The fourth-order valence-electron chi connectivity index (χ4n) is 4.82. The SMILES string of the molecule is Fc1ccc(-c2cc(-c3ccccc3)nc3c(P(=S)(c4ccccc4)c4ccccc4)cccc23)cc1. The molecule has 0 fully saturated rings. The molecule has 0 amide bonds. The van der Waals surface area contributed by atoms with Crippen molar-refractivity contribution in [2.75, 3.05) is 0 Å². The van der Waals surface area contributed by atoms with Gasteiger partial charge in [0.1, 0.15) is 5.82 Å². The van der Waals surface area contributed by atoms with Crippen LogP contribution in [0.5, 0.6) is 0 Å². The molecule has 6 aromatic rings. The van der Waals surface area contributed by atoms with Gasteiger partial charge in [0.15, 0.2) is 0 Å². The van der Waals surface area contributed by atoms with E-state index in [1.165, 1.54) is 12.1 Å². The van der Waals surface area contributed by atoms with Gasteiger partial charge < -0.3 is 0 Å². The minimum atomic E-state index is -2.44. The Hall–Kier alpha value is -3.91. The molecule has 0 aliphatic carbocycles. The number of benzene rings is 5. The van der Waals surface area contributed by atoms with Gasteiger partial charge >= 0.3 is 0 Å². The van der Waals surface area contributed by atoms with Gasteiger partial charge in [-0.25, -0.2) is 9.37 Å². The number of nitrogens with zero attached hydrogens (tertiary/aromatic N) is 1. The van der Waals surface area contributed by atoms with Gasteiger partial charge in [-0.05, 0) is 39.9 Å². The molecule has 0 atom stereocenters. The van der Waals surface area contributed by atoms with Crippen LogP contribution in [0.2, 0.25) is 0 Å². The van der Waals surface area contributed by atoms with Crippen LogP contribution in [0.25, 0.3) is 33.3 Å². The lowest BCUT2D eigenvalue weighted by Crippen LogP contribution is -2.25. The molecule has 178 valence electrons. The molecule has 1 aromatic heterocycles. The van der Waals surface area contributed by atoms with Gasteiger partial charge in [-0.1, -0.05) is 133 Å². The minimum Gasteiger partial charge on any atom is -0.247 e. The van der Waals surface area contributed by atoms with E-state index in [1.54, 1.807) is 0 Å². The summed E-state index contributed by atoms with van der Waals surface area (Å²) in [6.45, 7) is 0. The van der Waals surface area contributed by atoms with Gasteiger partial charge in [0.25, 0.3) is 0 Å². The Morgan fingerprint density at radius 3 is 1.73 bits per heavy atom. The fraction of sp³-hybridized carbons (Fsp3) is 0. The molecule has 0 N–H and O–H groups in total. The molecule has 0 saturated heterocycles. The number of halogens is 1. The third kappa shape index (κ3) is 4.31. The number of fused-ring (bicyclic) bond motifs is 1. The molecular formula is C33H23FNPS. The van der Waals surface area contributed by atoms with Crippen LogP contribution < -0.4 is 15.9 Å². The highest BCUT2D eigenvalue weighted by atomic mass is 32.4. The van der Waals surface area contributed by atoms with Gasteiger partial charge in [-0.3, -0.25) is 0 Å². The number of pyridine rings is 1. The maximum atomic E-state index is 13.8. The lowest BCUT2D eigenvalue weighted by Gasteiger charge is -2.26. The number of para-hydroxylation sites is 1. The highest BCUT2D eigenvalue weighted by Crippen LogP contribution is 2.45. The summed E-state index contributed by atoms with van der Waals surface area (Å²) in [7, 11) is 0. The minimum absolute atomic E-state index is 0.255. The Morgan fingerprint density at radius 1 is 0.568 bits per heavy atom. The van der Waals surface area contributed by atoms with Crippen LogP contribution in [-0.4, -0.2) is 4.98 Å². The number of rotatable bonds is 5. The first-order chi connectivity index (χ1) is 18.1. The standard InChI is InChI=1S/C33H23FNPS/c34-26-21-19-24(20-22-26)30-23-31(25-11-4-1-5-12-25)35-33-29(30)17-10-18-32(33)36(37,27-13-6-2-7-14-27)28-15-8-3-9-16-28/h1-23H. The molecule has 0 saturated carbocycles. The summed E-state index contributed by atoms with van der Waals surface area (Å²) in [6, 6.07) is 43.6. The van der Waals surface area contributed by atoms with Crippen molar-refractivity contribution in [3.8, 4) is 22.4 Å². The monoisotopic (exact) mass is 515 g/mol.